The van der Waals surface area contributed by atoms with Crippen LogP contribution in [0.3, 0.4) is 0 Å². The van der Waals surface area contributed by atoms with Crippen LogP contribution < -0.4 is 13.7 Å². The van der Waals surface area contributed by atoms with Crippen molar-refractivity contribution in [3.8, 4) is 44.5 Å². The number of pyridine rings is 4. The number of H-pyrrole nitrogens is 2. The first-order chi connectivity index (χ1) is 32.3. The van der Waals surface area contributed by atoms with Crippen molar-refractivity contribution in [3.63, 3.8) is 0 Å². The van der Waals surface area contributed by atoms with Crippen LogP contribution >= 0.6 is 23.4 Å². The average Bonchev–Trinajstić information content (AvgIpc) is 4.05. The fraction of sp³-hybridized carbons (Fsp3) is 0.0698. The second-order valence-corrected chi connectivity index (χ2v) is 21.6. The summed E-state index contributed by atoms with van der Waals surface area (Å²) in [6, 6.07) is 25.5. The molecule has 0 unspecified atom stereocenters. The minimum atomic E-state index is -10.7. The van der Waals surface area contributed by atoms with Crippen molar-refractivity contribution in [3.05, 3.63) is 145 Å². The minimum absolute atomic E-state index is 0.869. The molecule has 0 amide bonds. The normalized spacial score (nSPS) is 15.3. The van der Waals surface area contributed by atoms with Gasteiger partial charge in [0.25, 0.3) is 0 Å². The quantitative estimate of drug-likeness (QED) is 0.105. The second-order valence-electron chi connectivity index (χ2n) is 15.9. The van der Waals surface area contributed by atoms with Gasteiger partial charge in [0.05, 0.1) is 22.8 Å². The van der Waals surface area contributed by atoms with Crippen LogP contribution in [-0.4, -0.2) is 24.9 Å². The number of halogens is 18. The molecule has 0 radical (unpaired) electrons. The fourth-order valence-corrected chi connectivity index (χ4v) is 6.94. The molecule has 8 nitrogen and oxygen atoms in total. The van der Waals surface area contributed by atoms with Crippen LogP contribution in [0.1, 0.15) is 22.8 Å². The molecule has 9 heterocycles. The zero-order valence-corrected chi connectivity index (χ0v) is 39.4. The van der Waals surface area contributed by atoms with E-state index in [9.17, 15) is 75.5 Å². The van der Waals surface area contributed by atoms with Crippen LogP contribution in [0.15, 0.2) is 122 Å². The van der Waals surface area contributed by atoms with E-state index < -0.39 is 23.4 Å². The van der Waals surface area contributed by atoms with Gasteiger partial charge >= 0.3 is 99.0 Å². The van der Waals surface area contributed by atoms with Crippen molar-refractivity contribution < 1.29 is 89.2 Å². The summed E-state index contributed by atoms with van der Waals surface area (Å²) in [7, 11) is -25.9. The number of rotatable bonds is 4. The Morgan fingerprint density at radius 3 is 0.722 bits per heavy atom. The Bertz CT molecular complexity index is 3290. The van der Waals surface area contributed by atoms with E-state index in [0.29, 0.717) is 0 Å². The van der Waals surface area contributed by atoms with E-state index in [-0.39, 0.29) is 0 Å². The topological polar surface area (TPSA) is 81.9 Å². The summed E-state index contributed by atoms with van der Waals surface area (Å²) in [6.45, 7) is 0. The maximum atomic E-state index is 9.87. The van der Waals surface area contributed by atoms with Gasteiger partial charge in [-0.2, -0.15) is 0 Å². The van der Waals surface area contributed by atoms with Crippen molar-refractivity contribution in [1.29, 1.82) is 0 Å². The van der Waals surface area contributed by atoms with Gasteiger partial charge in [-0.1, -0.05) is 0 Å². The number of hydrogen-bond donors (Lipinski definition) is 2. The molecule has 7 aromatic heterocycles. The van der Waals surface area contributed by atoms with Crippen LogP contribution in [0, 0.1) is 0 Å². The third kappa shape index (κ3) is 18.4. The fourth-order valence-electron chi connectivity index (χ4n) is 6.94. The third-order valence-corrected chi connectivity index (χ3v) is 9.52. The summed E-state index contributed by atoms with van der Waals surface area (Å²) in [5.41, 5.74) is 15.7. The number of aromatic nitrogens is 8. The molecular formula is C43H35F18N8P3. The number of fused-ring (bicyclic) bond motifs is 8. The standard InChI is InChI=1S/C43H34N8.3F6P/c1-49-22-14-29(15-23-49)41-34-6-4-32(45-34)40(28-12-20-44-21-13-28)33-5-7-35(46-33)42(30-16-24-50(2)25-17-30)37-9-11-39(48-37)43(38-10-8-36(41)47-38)31-18-26-51(3)27-19-31;3*1-7(2,3,4,5)6/h4-27H,1-3H3,(H,45,46,47,48);;;/q+2;3*-1/p+1. The van der Waals surface area contributed by atoms with Crippen LogP contribution in [0.4, 0.5) is 75.5 Å². The molecule has 29 heteroatoms. The molecule has 0 saturated carbocycles. The Morgan fingerprint density at radius 1 is 0.319 bits per heavy atom. The molecule has 0 atom stereocenters. The molecule has 0 saturated heterocycles. The molecule has 2 aliphatic heterocycles. The third-order valence-electron chi connectivity index (χ3n) is 9.52. The Balaban J connectivity index is 0.000000340. The zero-order valence-electron chi connectivity index (χ0n) is 36.7. The number of nitrogens with zero attached hydrogens (tertiary/aromatic N) is 6. The van der Waals surface area contributed by atoms with E-state index in [4.69, 9.17) is 9.97 Å². The predicted octanol–water partition coefficient (Wildman–Crippen LogP) is 17.3. The van der Waals surface area contributed by atoms with E-state index >= 15 is 0 Å². The van der Waals surface area contributed by atoms with Gasteiger partial charge < -0.3 is 9.97 Å². The summed E-state index contributed by atoms with van der Waals surface area (Å²) in [5, 5.41) is 0. The molecule has 0 aromatic carbocycles. The van der Waals surface area contributed by atoms with Gasteiger partial charge in [0.2, 0.25) is 0 Å². The maximum absolute atomic E-state index is 10.7. The summed E-state index contributed by atoms with van der Waals surface area (Å²) in [4.78, 5) is 22.7. The summed E-state index contributed by atoms with van der Waals surface area (Å²) >= 11 is 0. The molecule has 72 heavy (non-hydrogen) atoms. The van der Waals surface area contributed by atoms with Crippen LogP contribution in [0.25, 0.3) is 90.9 Å². The summed E-state index contributed by atoms with van der Waals surface area (Å²) < 4.78 is 184. The second kappa shape index (κ2) is 16.6. The average molecular weight is 1100 g/mol. The Kier molecular flexibility index (Phi) is 12.6. The number of hydrogen-bond acceptors (Lipinski definition) is 3. The van der Waals surface area contributed by atoms with E-state index in [1.807, 2.05) is 59.4 Å². The number of nitrogens with one attached hydrogen (secondary N) is 2. The molecule has 2 N–H and O–H groups in total. The zero-order chi connectivity index (χ0) is 53.7. The van der Waals surface area contributed by atoms with Gasteiger partial charge in [-0.15, -0.1) is 0 Å². The van der Waals surface area contributed by atoms with Crippen molar-refractivity contribution in [1.82, 2.24) is 24.9 Å². The Morgan fingerprint density at radius 2 is 0.514 bits per heavy atom. The molecule has 0 fully saturated rings. The van der Waals surface area contributed by atoms with E-state index in [0.717, 1.165) is 89.4 Å². The molecule has 8 bridgehead atoms. The van der Waals surface area contributed by atoms with Crippen LogP contribution in [0.5, 0.6) is 0 Å². The number of aryl methyl sites for hydroxylation is 3. The van der Waals surface area contributed by atoms with Crippen LogP contribution in [-0.2, 0) is 21.1 Å². The van der Waals surface area contributed by atoms with Crippen molar-refractivity contribution >= 4 is 69.8 Å². The molecule has 2 aliphatic rings. The molecular weight excluding hydrogens is 1060 g/mol. The first-order valence-electron chi connectivity index (χ1n) is 20.0. The van der Waals surface area contributed by atoms with E-state index in [1.54, 1.807) is 0 Å². The predicted molar refractivity (Wildman–Crippen MR) is 243 cm³/mol. The molecule has 9 rings (SSSR count). The van der Waals surface area contributed by atoms with Crippen molar-refractivity contribution in [2.45, 2.75) is 0 Å². The molecule has 0 aliphatic carbocycles. The SMILES string of the molecule is C[n+]1ccc(-c2c3nc(c(-c4cc[n+](C)cc4)c4ccc([nH]4)c(-c4cc[n+](C)cc4)c4nc(c(-c5ccncc5)c5ccc2[nH]5)C=C4)C=C3)cc1.F[P-](F)(F)(F)(F)F.F[P-](F)(F)(F)(F)F.F[P-](F)(F)(F)(F)F. The van der Waals surface area contributed by atoms with Crippen LogP contribution in [0.2, 0.25) is 0 Å². The van der Waals surface area contributed by atoms with Gasteiger partial charge in [0.1, 0.15) is 21.1 Å². The van der Waals surface area contributed by atoms with Gasteiger partial charge in [0, 0.05) is 93.1 Å². The Labute approximate surface area is 394 Å². The molecule has 7 aromatic rings. The van der Waals surface area contributed by atoms with Gasteiger partial charge in [-0.25, -0.2) is 23.7 Å². The van der Waals surface area contributed by atoms with E-state index in [2.05, 4.69) is 137 Å². The summed E-state index contributed by atoms with van der Waals surface area (Å²) in [5.74, 6) is 0. The Hall–Kier alpha value is -6.77. The first kappa shape index (κ1) is 54.6. The van der Waals surface area contributed by atoms with E-state index in [1.165, 1.54) is 0 Å². The molecule has 388 valence electrons. The van der Waals surface area contributed by atoms with Gasteiger partial charge in [-0.3, -0.25) is 4.98 Å². The van der Waals surface area contributed by atoms with Crippen molar-refractivity contribution in [2.75, 3.05) is 0 Å². The van der Waals surface area contributed by atoms with Gasteiger partial charge in [-0.05, 0) is 83.0 Å². The van der Waals surface area contributed by atoms with Crippen molar-refractivity contribution in [2.24, 2.45) is 21.1 Å². The summed E-state index contributed by atoms with van der Waals surface area (Å²) in [6.07, 6.45) is 24.6. The monoisotopic (exact) mass is 1100 g/mol. The number of aromatic amines is 2. The van der Waals surface area contributed by atoms with Gasteiger partial charge in [0.15, 0.2) is 37.2 Å². The molecule has 0 spiro atoms. The first-order valence-corrected chi connectivity index (χ1v) is 26.0.